The van der Waals surface area contributed by atoms with Crippen LogP contribution in [0.3, 0.4) is 0 Å². The Kier molecular flexibility index (Phi) is 7.74. The monoisotopic (exact) mass is 408 g/mol. The molecule has 5 heteroatoms. The van der Waals surface area contributed by atoms with Crippen LogP contribution in [0.15, 0.2) is 4.99 Å². The van der Waals surface area contributed by atoms with E-state index in [1.54, 1.807) is 0 Å². The lowest BCUT2D eigenvalue weighted by Crippen LogP contribution is -2.43. The van der Waals surface area contributed by atoms with Crippen LogP contribution in [0.1, 0.15) is 40.0 Å². The van der Waals surface area contributed by atoms with Crippen LogP contribution >= 0.6 is 24.0 Å². The summed E-state index contributed by atoms with van der Waals surface area (Å²) >= 11 is 0. The molecule has 0 aromatic rings. The minimum Gasteiger partial charge on any atom is -0.356 e. The zero-order valence-electron chi connectivity index (χ0n) is 14.2. The lowest BCUT2D eigenvalue weighted by molar-refractivity contribution is 0.286. The zero-order valence-corrected chi connectivity index (χ0v) is 16.5. The molecule has 2 heterocycles. The summed E-state index contributed by atoms with van der Waals surface area (Å²) in [6.07, 6.45) is 4.02. The highest BCUT2D eigenvalue weighted by Crippen LogP contribution is 2.28. The summed E-state index contributed by atoms with van der Waals surface area (Å²) in [5, 5.41) is 3.57. The van der Waals surface area contributed by atoms with Gasteiger partial charge in [-0.15, -0.1) is 24.0 Å². The van der Waals surface area contributed by atoms with Crippen LogP contribution in [0.25, 0.3) is 0 Å². The third-order valence-electron chi connectivity index (χ3n) is 4.57. The lowest BCUT2D eigenvalue weighted by Gasteiger charge is -2.26. The normalized spacial score (nSPS) is 24.0. The molecule has 1 atom stereocenters. The van der Waals surface area contributed by atoms with Crippen molar-refractivity contribution < 1.29 is 0 Å². The van der Waals surface area contributed by atoms with Gasteiger partial charge in [0.15, 0.2) is 5.96 Å². The first-order valence-corrected chi connectivity index (χ1v) is 8.18. The molecule has 2 aliphatic rings. The van der Waals surface area contributed by atoms with Crippen molar-refractivity contribution in [2.24, 2.45) is 16.3 Å². The number of hydrogen-bond donors (Lipinski definition) is 1. The van der Waals surface area contributed by atoms with E-state index in [0.29, 0.717) is 11.3 Å². The van der Waals surface area contributed by atoms with Crippen LogP contribution < -0.4 is 5.32 Å². The van der Waals surface area contributed by atoms with Gasteiger partial charge < -0.3 is 15.1 Å². The first-order chi connectivity index (χ1) is 9.50. The summed E-state index contributed by atoms with van der Waals surface area (Å²) in [5.41, 5.74) is 0.429. The van der Waals surface area contributed by atoms with Crippen LogP contribution in [-0.4, -0.2) is 62.1 Å². The van der Waals surface area contributed by atoms with Crippen LogP contribution in [0.2, 0.25) is 0 Å². The van der Waals surface area contributed by atoms with Crippen LogP contribution in [0.4, 0.5) is 0 Å². The van der Waals surface area contributed by atoms with Gasteiger partial charge in [0.1, 0.15) is 0 Å². The summed E-state index contributed by atoms with van der Waals surface area (Å²) in [5.74, 6) is 1.77. The first kappa shape index (κ1) is 19.0. The number of guanidine groups is 1. The fraction of sp³-hybridized carbons (Fsp3) is 0.938. The Hall–Kier alpha value is -0.0400. The molecule has 0 aliphatic carbocycles. The summed E-state index contributed by atoms with van der Waals surface area (Å²) in [4.78, 5) is 9.45. The molecule has 0 saturated carbocycles. The Morgan fingerprint density at radius 2 is 1.90 bits per heavy atom. The molecule has 2 saturated heterocycles. The average molecular weight is 408 g/mol. The van der Waals surface area contributed by atoms with E-state index in [9.17, 15) is 0 Å². The van der Waals surface area contributed by atoms with E-state index < -0.39 is 0 Å². The first-order valence-electron chi connectivity index (χ1n) is 8.18. The summed E-state index contributed by atoms with van der Waals surface area (Å²) in [6.45, 7) is 14.1. The third-order valence-corrected chi connectivity index (χ3v) is 4.57. The fourth-order valence-corrected chi connectivity index (χ4v) is 3.36. The molecule has 0 bridgehead atoms. The SMILES string of the molecule is CN=C(NCC(C)CN1CCCC1)N1CCC(C)(C)C1.I. The van der Waals surface area contributed by atoms with Crippen LogP contribution in [0.5, 0.6) is 0 Å². The molecule has 0 spiro atoms. The minimum atomic E-state index is 0. The Balaban J connectivity index is 0.00000220. The fourth-order valence-electron chi connectivity index (χ4n) is 3.36. The number of likely N-dealkylation sites (tertiary alicyclic amines) is 2. The Morgan fingerprint density at radius 3 is 2.43 bits per heavy atom. The Labute approximate surface area is 147 Å². The number of nitrogens with zero attached hydrogens (tertiary/aromatic N) is 3. The molecule has 1 N–H and O–H groups in total. The second-order valence-electron chi connectivity index (χ2n) is 7.38. The molecular weight excluding hydrogens is 375 g/mol. The van der Waals surface area contributed by atoms with Crippen molar-refractivity contribution >= 4 is 29.9 Å². The summed E-state index contributed by atoms with van der Waals surface area (Å²) in [7, 11) is 1.90. The lowest BCUT2D eigenvalue weighted by atomic mass is 9.93. The van der Waals surface area contributed by atoms with E-state index >= 15 is 0 Å². The molecular formula is C16H33IN4. The number of hydrogen-bond acceptors (Lipinski definition) is 2. The zero-order chi connectivity index (χ0) is 14.6. The van der Waals surface area contributed by atoms with Crippen LogP contribution in [0, 0.1) is 11.3 Å². The number of rotatable bonds is 4. The topological polar surface area (TPSA) is 30.9 Å². The number of nitrogens with one attached hydrogen (secondary N) is 1. The minimum absolute atomic E-state index is 0. The number of aliphatic imine (C=N–C) groups is 1. The highest BCUT2D eigenvalue weighted by Gasteiger charge is 2.30. The summed E-state index contributed by atoms with van der Waals surface area (Å²) < 4.78 is 0. The second-order valence-corrected chi connectivity index (χ2v) is 7.38. The maximum absolute atomic E-state index is 4.46. The molecule has 0 aromatic heterocycles. The molecule has 124 valence electrons. The maximum Gasteiger partial charge on any atom is 0.193 e. The van der Waals surface area contributed by atoms with Gasteiger partial charge in [0.25, 0.3) is 0 Å². The van der Waals surface area contributed by atoms with Crippen molar-refractivity contribution in [3.8, 4) is 0 Å². The average Bonchev–Trinajstić information content (AvgIpc) is 3.00. The van der Waals surface area contributed by atoms with Gasteiger partial charge in [-0.25, -0.2) is 0 Å². The molecule has 2 fully saturated rings. The van der Waals surface area contributed by atoms with E-state index in [1.807, 2.05) is 7.05 Å². The summed E-state index contributed by atoms with van der Waals surface area (Å²) in [6, 6.07) is 0. The van der Waals surface area contributed by atoms with Gasteiger partial charge in [-0.3, -0.25) is 4.99 Å². The molecule has 1 unspecified atom stereocenters. The highest BCUT2D eigenvalue weighted by atomic mass is 127. The maximum atomic E-state index is 4.46. The highest BCUT2D eigenvalue weighted by molar-refractivity contribution is 14.0. The van der Waals surface area contributed by atoms with E-state index in [1.165, 1.54) is 38.9 Å². The molecule has 21 heavy (non-hydrogen) atoms. The van der Waals surface area contributed by atoms with Crippen LogP contribution in [-0.2, 0) is 0 Å². The van der Waals surface area contributed by atoms with E-state index in [0.717, 1.165) is 25.6 Å². The molecule has 0 amide bonds. The molecule has 2 aliphatic heterocycles. The van der Waals surface area contributed by atoms with Gasteiger partial charge in [0, 0.05) is 33.2 Å². The van der Waals surface area contributed by atoms with Crippen molar-refractivity contribution in [1.29, 1.82) is 0 Å². The van der Waals surface area contributed by atoms with Crippen molar-refractivity contribution in [2.75, 3.05) is 46.3 Å². The third kappa shape index (κ3) is 5.93. The number of halogens is 1. The van der Waals surface area contributed by atoms with Gasteiger partial charge in [0.05, 0.1) is 0 Å². The molecule has 0 radical (unpaired) electrons. The van der Waals surface area contributed by atoms with E-state index in [4.69, 9.17) is 0 Å². The van der Waals surface area contributed by atoms with Crippen molar-refractivity contribution in [3.05, 3.63) is 0 Å². The van der Waals surface area contributed by atoms with Gasteiger partial charge in [0.2, 0.25) is 0 Å². The molecule has 4 nitrogen and oxygen atoms in total. The van der Waals surface area contributed by atoms with Gasteiger partial charge in [-0.2, -0.15) is 0 Å². The van der Waals surface area contributed by atoms with E-state index in [-0.39, 0.29) is 24.0 Å². The Morgan fingerprint density at radius 1 is 1.24 bits per heavy atom. The van der Waals surface area contributed by atoms with Crippen molar-refractivity contribution in [3.63, 3.8) is 0 Å². The molecule has 0 aromatic carbocycles. The predicted octanol–water partition coefficient (Wildman–Crippen LogP) is 2.64. The van der Waals surface area contributed by atoms with Gasteiger partial charge in [-0.05, 0) is 43.7 Å². The van der Waals surface area contributed by atoms with Crippen molar-refractivity contribution in [1.82, 2.24) is 15.1 Å². The largest absolute Gasteiger partial charge is 0.356 e. The Bertz CT molecular complexity index is 337. The smallest absolute Gasteiger partial charge is 0.193 e. The van der Waals surface area contributed by atoms with Gasteiger partial charge >= 0.3 is 0 Å². The molecule has 2 rings (SSSR count). The van der Waals surface area contributed by atoms with Gasteiger partial charge in [-0.1, -0.05) is 20.8 Å². The predicted molar refractivity (Wildman–Crippen MR) is 102 cm³/mol. The quantitative estimate of drug-likeness (QED) is 0.441. The van der Waals surface area contributed by atoms with E-state index in [2.05, 4.69) is 40.9 Å². The van der Waals surface area contributed by atoms with Crippen molar-refractivity contribution in [2.45, 2.75) is 40.0 Å². The standard InChI is InChI=1S/C16H32N4.HI/c1-14(12-19-8-5-6-9-19)11-18-15(17-4)20-10-7-16(2,3)13-20;/h14H,5-13H2,1-4H3,(H,17,18);1H. The second kappa shape index (κ2) is 8.56.